The molecule has 20 heavy (non-hydrogen) atoms. The van der Waals surface area contributed by atoms with E-state index in [1.54, 1.807) is 0 Å². The van der Waals surface area contributed by atoms with Gasteiger partial charge < -0.3 is 10.2 Å². The fraction of sp³-hybridized carbons (Fsp3) is 0.667. The largest absolute Gasteiger partial charge is 0.371 e. The predicted molar refractivity (Wildman–Crippen MR) is 88.3 cm³/mol. The monoisotopic (exact) mass is 274 g/mol. The lowest BCUT2D eigenvalue weighted by Gasteiger charge is -2.40. The Morgan fingerprint density at radius 3 is 2.55 bits per heavy atom. The van der Waals surface area contributed by atoms with Crippen LogP contribution in [0.2, 0.25) is 0 Å². The Kier molecular flexibility index (Phi) is 4.43. The molecular weight excluding hydrogens is 244 g/mol. The Labute approximate surface area is 124 Å². The molecule has 0 aliphatic carbocycles. The van der Waals surface area contributed by atoms with E-state index in [1.165, 1.54) is 37.2 Å². The first-order valence-corrected chi connectivity index (χ1v) is 7.85. The van der Waals surface area contributed by atoms with Gasteiger partial charge in [0.25, 0.3) is 0 Å². The minimum Gasteiger partial charge on any atom is -0.371 e. The van der Waals surface area contributed by atoms with E-state index < -0.39 is 0 Å². The molecule has 0 atom stereocenters. The molecule has 1 heterocycles. The van der Waals surface area contributed by atoms with E-state index in [4.69, 9.17) is 0 Å². The average molecular weight is 274 g/mol. The van der Waals surface area contributed by atoms with Gasteiger partial charge >= 0.3 is 0 Å². The second-order valence-electron chi connectivity index (χ2n) is 7.92. The Morgan fingerprint density at radius 2 is 1.90 bits per heavy atom. The van der Waals surface area contributed by atoms with Crippen molar-refractivity contribution >= 4 is 5.69 Å². The van der Waals surface area contributed by atoms with Gasteiger partial charge in [0.2, 0.25) is 0 Å². The first kappa shape index (κ1) is 15.4. The lowest BCUT2D eigenvalue weighted by atomic mass is 9.84. The molecule has 0 amide bonds. The highest BCUT2D eigenvalue weighted by atomic mass is 15.1. The summed E-state index contributed by atoms with van der Waals surface area (Å²) < 4.78 is 0. The van der Waals surface area contributed by atoms with Crippen LogP contribution in [0.4, 0.5) is 5.69 Å². The molecule has 0 saturated carbocycles. The highest BCUT2D eigenvalue weighted by Crippen LogP contribution is 2.33. The van der Waals surface area contributed by atoms with Gasteiger partial charge in [0.05, 0.1) is 0 Å². The van der Waals surface area contributed by atoms with Crippen molar-refractivity contribution in [3.05, 3.63) is 29.8 Å². The van der Waals surface area contributed by atoms with Crippen LogP contribution in [-0.4, -0.2) is 18.6 Å². The number of nitrogens with one attached hydrogen (secondary N) is 1. The summed E-state index contributed by atoms with van der Waals surface area (Å²) in [4.78, 5) is 2.57. The second kappa shape index (κ2) is 5.77. The molecule has 1 aliphatic rings. The molecule has 2 nitrogen and oxygen atoms in total. The SMILES string of the molecule is CC1(C)CCCN(c2ccccc2CNC(C)(C)C)C1. The maximum Gasteiger partial charge on any atom is 0.0412 e. The van der Waals surface area contributed by atoms with Crippen LogP contribution in [0.5, 0.6) is 0 Å². The van der Waals surface area contributed by atoms with Crippen LogP contribution in [-0.2, 0) is 6.54 Å². The zero-order valence-corrected chi connectivity index (χ0v) is 13.8. The minimum absolute atomic E-state index is 0.161. The number of hydrogen-bond acceptors (Lipinski definition) is 2. The molecule has 1 N–H and O–H groups in total. The van der Waals surface area contributed by atoms with E-state index in [2.05, 4.69) is 69.1 Å². The van der Waals surface area contributed by atoms with Crippen molar-refractivity contribution in [2.24, 2.45) is 5.41 Å². The normalized spacial score (nSPS) is 19.1. The van der Waals surface area contributed by atoms with E-state index in [9.17, 15) is 0 Å². The Morgan fingerprint density at radius 1 is 1.20 bits per heavy atom. The molecule has 1 aromatic rings. The highest BCUT2D eigenvalue weighted by Gasteiger charge is 2.27. The quantitative estimate of drug-likeness (QED) is 0.888. The van der Waals surface area contributed by atoms with Crippen molar-refractivity contribution in [2.45, 2.75) is 59.5 Å². The van der Waals surface area contributed by atoms with Gasteiger partial charge in [-0.05, 0) is 50.7 Å². The third kappa shape index (κ3) is 4.24. The Hall–Kier alpha value is -1.02. The summed E-state index contributed by atoms with van der Waals surface area (Å²) in [5, 5.41) is 3.61. The fourth-order valence-corrected chi connectivity index (χ4v) is 2.96. The van der Waals surface area contributed by atoms with Gasteiger partial charge in [0.15, 0.2) is 0 Å². The van der Waals surface area contributed by atoms with Crippen molar-refractivity contribution in [2.75, 3.05) is 18.0 Å². The average Bonchev–Trinajstić information content (AvgIpc) is 2.34. The smallest absolute Gasteiger partial charge is 0.0412 e. The van der Waals surface area contributed by atoms with Crippen molar-refractivity contribution in [1.29, 1.82) is 0 Å². The van der Waals surface area contributed by atoms with Gasteiger partial charge in [0, 0.05) is 30.9 Å². The molecule has 112 valence electrons. The van der Waals surface area contributed by atoms with Crippen LogP contribution in [0.1, 0.15) is 53.0 Å². The minimum atomic E-state index is 0.161. The third-order valence-electron chi connectivity index (χ3n) is 4.04. The number of nitrogens with zero attached hydrogens (tertiary/aromatic N) is 1. The first-order chi connectivity index (χ1) is 9.27. The summed E-state index contributed by atoms with van der Waals surface area (Å²) in [6.07, 6.45) is 2.64. The van der Waals surface area contributed by atoms with E-state index in [0.29, 0.717) is 5.41 Å². The third-order valence-corrected chi connectivity index (χ3v) is 4.04. The highest BCUT2D eigenvalue weighted by molar-refractivity contribution is 5.54. The van der Waals surface area contributed by atoms with Gasteiger partial charge in [-0.25, -0.2) is 0 Å². The van der Waals surface area contributed by atoms with Gasteiger partial charge in [-0.15, -0.1) is 0 Å². The summed E-state index contributed by atoms with van der Waals surface area (Å²) in [6, 6.07) is 8.85. The fourth-order valence-electron chi connectivity index (χ4n) is 2.96. The molecule has 0 bridgehead atoms. The summed E-state index contributed by atoms with van der Waals surface area (Å²) in [5.41, 5.74) is 3.43. The number of rotatable bonds is 3. The van der Waals surface area contributed by atoms with Crippen LogP contribution in [0.15, 0.2) is 24.3 Å². The van der Waals surface area contributed by atoms with Crippen molar-refractivity contribution in [1.82, 2.24) is 5.32 Å². The summed E-state index contributed by atoms with van der Waals surface area (Å²) in [7, 11) is 0. The number of piperidine rings is 1. The Balaban J connectivity index is 2.15. The number of anilines is 1. The molecule has 0 radical (unpaired) electrons. The zero-order valence-electron chi connectivity index (χ0n) is 13.8. The van der Waals surface area contributed by atoms with Crippen LogP contribution >= 0.6 is 0 Å². The molecule has 1 aliphatic heterocycles. The topological polar surface area (TPSA) is 15.3 Å². The van der Waals surface area contributed by atoms with E-state index in [1.807, 2.05) is 0 Å². The maximum atomic E-state index is 3.61. The van der Waals surface area contributed by atoms with Crippen molar-refractivity contribution in [3.8, 4) is 0 Å². The molecule has 0 aromatic heterocycles. The predicted octanol–water partition coefficient (Wildman–Crippen LogP) is 4.20. The van der Waals surface area contributed by atoms with Crippen LogP contribution in [0, 0.1) is 5.41 Å². The first-order valence-electron chi connectivity index (χ1n) is 7.85. The van der Waals surface area contributed by atoms with E-state index >= 15 is 0 Å². The molecule has 2 rings (SSSR count). The Bertz CT molecular complexity index is 443. The number of benzene rings is 1. The molecule has 0 unspecified atom stereocenters. The van der Waals surface area contributed by atoms with Gasteiger partial charge in [-0.2, -0.15) is 0 Å². The molecule has 1 fully saturated rings. The molecular formula is C18H30N2. The van der Waals surface area contributed by atoms with E-state index in [0.717, 1.165) is 6.54 Å². The maximum absolute atomic E-state index is 3.61. The number of para-hydroxylation sites is 1. The van der Waals surface area contributed by atoms with Crippen molar-refractivity contribution in [3.63, 3.8) is 0 Å². The molecule has 0 spiro atoms. The molecule has 1 saturated heterocycles. The zero-order chi connectivity index (χ0) is 14.8. The summed E-state index contributed by atoms with van der Waals surface area (Å²) >= 11 is 0. The lowest BCUT2D eigenvalue weighted by molar-refractivity contribution is 0.292. The van der Waals surface area contributed by atoms with Gasteiger partial charge in [-0.3, -0.25) is 0 Å². The van der Waals surface area contributed by atoms with E-state index in [-0.39, 0.29) is 5.54 Å². The van der Waals surface area contributed by atoms with Crippen LogP contribution in [0.25, 0.3) is 0 Å². The van der Waals surface area contributed by atoms with Crippen molar-refractivity contribution < 1.29 is 0 Å². The van der Waals surface area contributed by atoms with Gasteiger partial charge in [-0.1, -0.05) is 32.0 Å². The summed E-state index contributed by atoms with van der Waals surface area (Å²) in [5.74, 6) is 0. The van der Waals surface area contributed by atoms with Crippen LogP contribution < -0.4 is 10.2 Å². The molecule has 1 aromatic carbocycles. The second-order valence-corrected chi connectivity index (χ2v) is 7.92. The van der Waals surface area contributed by atoms with Crippen LogP contribution in [0.3, 0.4) is 0 Å². The molecule has 2 heteroatoms. The number of hydrogen-bond donors (Lipinski definition) is 1. The van der Waals surface area contributed by atoms with Gasteiger partial charge in [0.1, 0.15) is 0 Å². The lowest BCUT2D eigenvalue weighted by Crippen LogP contribution is -2.41. The standard InChI is InChI=1S/C18H30N2/c1-17(2,3)19-13-15-9-6-7-10-16(15)20-12-8-11-18(4,5)14-20/h6-7,9-10,19H,8,11-14H2,1-5H3. The summed E-state index contributed by atoms with van der Waals surface area (Å²) in [6.45, 7) is 14.7.